The predicted octanol–water partition coefficient (Wildman–Crippen LogP) is 3.07. The van der Waals surface area contributed by atoms with E-state index in [1.165, 1.54) is 19.2 Å². The van der Waals surface area contributed by atoms with Crippen LogP contribution in [0.25, 0.3) is 5.95 Å². The van der Waals surface area contributed by atoms with Crippen LogP contribution in [0.5, 0.6) is 0 Å². The molecular weight excluding hydrogens is 300 g/mol. The molecule has 1 aliphatic rings. The third-order valence-corrected chi connectivity index (χ3v) is 4.44. The smallest absolute Gasteiger partial charge is 0.255 e. The summed E-state index contributed by atoms with van der Waals surface area (Å²) in [5, 5.41) is 4.61. The van der Waals surface area contributed by atoms with E-state index in [2.05, 4.69) is 40.7 Å². The first-order valence-electron chi connectivity index (χ1n) is 7.73. The summed E-state index contributed by atoms with van der Waals surface area (Å²) >= 11 is 6.46. The summed E-state index contributed by atoms with van der Waals surface area (Å²) in [7, 11) is 0. The molecule has 0 bridgehead atoms. The molecule has 0 atom stereocenters. The van der Waals surface area contributed by atoms with Crippen LogP contribution in [-0.2, 0) is 0 Å². The van der Waals surface area contributed by atoms with E-state index in [1.807, 2.05) is 0 Å². The van der Waals surface area contributed by atoms with Gasteiger partial charge >= 0.3 is 0 Å². The highest BCUT2D eigenvalue weighted by Gasteiger charge is 2.24. The number of anilines is 1. The summed E-state index contributed by atoms with van der Waals surface area (Å²) in [5.74, 6) is 2.45. The first kappa shape index (κ1) is 15.2. The first-order chi connectivity index (χ1) is 10.6. The van der Waals surface area contributed by atoms with Crippen molar-refractivity contribution in [2.45, 2.75) is 39.5 Å². The van der Waals surface area contributed by atoms with Crippen molar-refractivity contribution in [3.8, 4) is 5.95 Å². The van der Waals surface area contributed by atoms with Crippen LogP contribution in [0.15, 0.2) is 12.7 Å². The summed E-state index contributed by atoms with van der Waals surface area (Å²) in [5.41, 5.74) is 1.01. The highest BCUT2D eigenvalue weighted by atomic mass is 35.5. The topological polar surface area (TPSA) is 59.7 Å². The lowest BCUT2D eigenvalue weighted by Crippen LogP contribution is -2.34. The third-order valence-electron chi connectivity index (χ3n) is 4.15. The van der Waals surface area contributed by atoms with E-state index in [4.69, 9.17) is 16.6 Å². The zero-order chi connectivity index (χ0) is 15.7. The molecule has 22 heavy (non-hydrogen) atoms. The van der Waals surface area contributed by atoms with Gasteiger partial charge in [0.2, 0.25) is 0 Å². The van der Waals surface area contributed by atoms with Gasteiger partial charge in [-0.05, 0) is 24.7 Å². The highest BCUT2D eigenvalue weighted by molar-refractivity contribution is 6.30. The fourth-order valence-corrected chi connectivity index (χ4v) is 3.17. The molecule has 2 aromatic heterocycles. The van der Waals surface area contributed by atoms with E-state index in [0.29, 0.717) is 11.1 Å². The number of piperidine rings is 1. The summed E-state index contributed by atoms with van der Waals surface area (Å²) < 4.78 is 1.55. The Morgan fingerprint density at radius 1 is 1.23 bits per heavy atom. The van der Waals surface area contributed by atoms with E-state index in [-0.39, 0.29) is 5.92 Å². The van der Waals surface area contributed by atoms with Gasteiger partial charge in [0.25, 0.3) is 5.95 Å². The van der Waals surface area contributed by atoms with Gasteiger partial charge < -0.3 is 4.90 Å². The number of rotatable bonds is 3. The van der Waals surface area contributed by atoms with Gasteiger partial charge in [0.15, 0.2) is 0 Å². The van der Waals surface area contributed by atoms with Crippen LogP contribution in [0.2, 0.25) is 5.15 Å². The first-order valence-corrected chi connectivity index (χ1v) is 8.11. The average molecular weight is 321 g/mol. The van der Waals surface area contributed by atoms with E-state index in [1.54, 1.807) is 11.0 Å². The predicted molar refractivity (Wildman–Crippen MR) is 86.7 cm³/mol. The lowest BCUT2D eigenvalue weighted by Gasteiger charge is -2.33. The Bertz CT molecular complexity index is 632. The van der Waals surface area contributed by atoms with Gasteiger partial charge in [-0.25, -0.2) is 4.98 Å². The van der Waals surface area contributed by atoms with E-state index in [9.17, 15) is 0 Å². The molecule has 7 heteroatoms. The molecule has 2 aromatic rings. The van der Waals surface area contributed by atoms with Crippen molar-refractivity contribution in [1.29, 1.82) is 0 Å². The molecule has 1 aliphatic heterocycles. The van der Waals surface area contributed by atoms with Gasteiger partial charge in [-0.1, -0.05) is 32.4 Å². The number of aromatic nitrogens is 5. The molecule has 3 rings (SSSR count). The Balaban J connectivity index is 2.05. The van der Waals surface area contributed by atoms with Crippen molar-refractivity contribution in [2.24, 2.45) is 5.92 Å². The second kappa shape index (κ2) is 6.20. The fourth-order valence-electron chi connectivity index (χ4n) is 2.79. The Morgan fingerprint density at radius 2 is 1.95 bits per heavy atom. The van der Waals surface area contributed by atoms with Crippen molar-refractivity contribution >= 4 is 17.4 Å². The van der Waals surface area contributed by atoms with Crippen LogP contribution in [0.4, 0.5) is 5.82 Å². The number of nitrogens with zero attached hydrogens (tertiary/aromatic N) is 6. The molecule has 0 saturated carbocycles. The van der Waals surface area contributed by atoms with Gasteiger partial charge in [-0.3, -0.25) is 0 Å². The standard InChI is InChI=1S/C15H21ClN6/c1-10(2)12-13(16)19-15(22-9-17-8-18-22)20-14(12)21-6-4-11(3)5-7-21/h8-11H,4-7H2,1-3H3. The number of hydrogen-bond acceptors (Lipinski definition) is 5. The molecule has 0 unspecified atom stereocenters. The second-order valence-electron chi connectivity index (χ2n) is 6.22. The lowest BCUT2D eigenvalue weighted by molar-refractivity contribution is 0.435. The van der Waals surface area contributed by atoms with Crippen molar-refractivity contribution in [2.75, 3.05) is 18.0 Å². The minimum Gasteiger partial charge on any atom is -0.356 e. The molecule has 0 aliphatic carbocycles. The van der Waals surface area contributed by atoms with Crippen LogP contribution in [0.3, 0.4) is 0 Å². The van der Waals surface area contributed by atoms with E-state index in [0.717, 1.165) is 30.4 Å². The SMILES string of the molecule is CC1CCN(c2nc(-n3cncn3)nc(Cl)c2C(C)C)CC1. The van der Waals surface area contributed by atoms with Crippen molar-refractivity contribution < 1.29 is 0 Å². The largest absolute Gasteiger partial charge is 0.356 e. The maximum absolute atomic E-state index is 6.46. The monoisotopic (exact) mass is 320 g/mol. The molecule has 0 spiro atoms. The fraction of sp³-hybridized carbons (Fsp3) is 0.600. The van der Waals surface area contributed by atoms with Crippen LogP contribution >= 0.6 is 11.6 Å². The van der Waals surface area contributed by atoms with Gasteiger partial charge in [0, 0.05) is 18.7 Å². The quantitative estimate of drug-likeness (QED) is 0.813. The normalized spacial score (nSPS) is 16.5. The molecule has 1 fully saturated rings. The minimum absolute atomic E-state index is 0.270. The second-order valence-corrected chi connectivity index (χ2v) is 6.57. The zero-order valence-corrected chi connectivity index (χ0v) is 14.0. The Hall–Kier alpha value is -1.69. The highest BCUT2D eigenvalue weighted by Crippen LogP contribution is 2.33. The average Bonchev–Trinajstić information content (AvgIpc) is 3.01. The van der Waals surface area contributed by atoms with Gasteiger partial charge in [-0.15, -0.1) is 0 Å². The lowest BCUT2D eigenvalue weighted by atomic mass is 9.98. The van der Waals surface area contributed by atoms with Crippen LogP contribution in [0.1, 0.15) is 45.1 Å². The van der Waals surface area contributed by atoms with Gasteiger partial charge in [0.1, 0.15) is 23.6 Å². The van der Waals surface area contributed by atoms with Crippen LogP contribution in [-0.4, -0.2) is 37.8 Å². The van der Waals surface area contributed by atoms with Crippen molar-refractivity contribution in [3.05, 3.63) is 23.4 Å². The summed E-state index contributed by atoms with van der Waals surface area (Å²) in [6.45, 7) is 8.55. The maximum Gasteiger partial charge on any atom is 0.255 e. The number of halogens is 1. The molecule has 0 amide bonds. The zero-order valence-electron chi connectivity index (χ0n) is 13.2. The Kier molecular flexibility index (Phi) is 4.29. The molecule has 3 heterocycles. The maximum atomic E-state index is 6.46. The molecule has 0 aromatic carbocycles. The van der Waals surface area contributed by atoms with Gasteiger partial charge in [0.05, 0.1) is 0 Å². The Labute approximate surface area is 135 Å². The van der Waals surface area contributed by atoms with Gasteiger partial charge in [-0.2, -0.15) is 19.7 Å². The summed E-state index contributed by atoms with van der Waals surface area (Å²) in [4.78, 5) is 15.4. The molecule has 0 radical (unpaired) electrons. The summed E-state index contributed by atoms with van der Waals surface area (Å²) in [6.07, 6.45) is 5.41. The molecule has 1 saturated heterocycles. The van der Waals surface area contributed by atoms with Crippen LogP contribution in [0, 0.1) is 5.92 Å². The third kappa shape index (κ3) is 2.92. The van der Waals surface area contributed by atoms with E-state index < -0.39 is 0 Å². The number of hydrogen-bond donors (Lipinski definition) is 0. The van der Waals surface area contributed by atoms with Crippen molar-refractivity contribution in [3.63, 3.8) is 0 Å². The molecule has 6 nitrogen and oxygen atoms in total. The van der Waals surface area contributed by atoms with Crippen LogP contribution < -0.4 is 4.90 Å². The molecule has 118 valence electrons. The minimum atomic E-state index is 0.270. The molecular formula is C15H21ClN6. The van der Waals surface area contributed by atoms with Crippen molar-refractivity contribution in [1.82, 2.24) is 24.7 Å². The van der Waals surface area contributed by atoms with E-state index >= 15 is 0 Å². The molecule has 0 N–H and O–H groups in total. The summed E-state index contributed by atoms with van der Waals surface area (Å²) in [6, 6.07) is 0. The Morgan fingerprint density at radius 3 is 2.55 bits per heavy atom.